The molecule has 0 aliphatic heterocycles. The number of nitrogens with one attached hydrogen (secondary N) is 1. The van der Waals surface area contributed by atoms with E-state index < -0.39 is 0 Å². The lowest BCUT2D eigenvalue weighted by molar-refractivity contribution is 0.935. The molecule has 1 N–H and O–H groups in total. The number of hydrogen-bond acceptors (Lipinski definition) is 2. The first-order chi connectivity index (χ1) is 6.27. The molecule has 0 bridgehead atoms. The Labute approximate surface area is 88.2 Å². The summed E-state index contributed by atoms with van der Waals surface area (Å²) in [6.07, 6.45) is 0. The normalized spacial score (nSPS) is 10.3. The molecule has 0 saturated carbocycles. The van der Waals surface area contributed by atoms with Crippen molar-refractivity contribution in [3.05, 3.63) is 33.9 Å². The van der Waals surface area contributed by atoms with Crippen LogP contribution in [0.4, 0.5) is 0 Å². The highest BCUT2D eigenvalue weighted by atomic mass is 79.9. The van der Waals surface area contributed by atoms with E-state index in [1.54, 1.807) is 0 Å². The van der Waals surface area contributed by atoms with E-state index >= 15 is 0 Å². The zero-order chi connectivity index (χ0) is 9.26. The number of rotatable bonds is 1. The van der Waals surface area contributed by atoms with Gasteiger partial charge in [0, 0.05) is 10.6 Å². The number of benzene rings is 1. The van der Waals surface area contributed by atoms with Gasteiger partial charge < -0.3 is 0 Å². The van der Waals surface area contributed by atoms with Crippen LogP contribution >= 0.6 is 27.5 Å². The van der Waals surface area contributed by atoms with Gasteiger partial charge in [-0.05, 0) is 28.1 Å². The highest BCUT2D eigenvalue weighted by Gasteiger charge is 2.06. The minimum atomic E-state index is 0.704. The second kappa shape index (κ2) is 3.47. The summed E-state index contributed by atoms with van der Waals surface area (Å²) in [5, 5.41) is 11.1. The van der Waals surface area contributed by atoms with Crippen molar-refractivity contribution in [1.29, 1.82) is 0 Å². The van der Waals surface area contributed by atoms with E-state index in [9.17, 15) is 0 Å². The van der Waals surface area contributed by atoms with Crippen LogP contribution in [0.25, 0.3) is 11.3 Å². The molecule has 66 valence electrons. The zero-order valence-corrected chi connectivity index (χ0v) is 8.80. The smallest absolute Gasteiger partial charge is 0.156 e. The highest BCUT2D eigenvalue weighted by Crippen LogP contribution is 2.24. The second-order valence-corrected chi connectivity index (χ2v) is 3.66. The molecule has 0 radical (unpaired) electrons. The second-order valence-electron chi connectivity index (χ2n) is 2.47. The molecule has 5 heteroatoms. The van der Waals surface area contributed by atoms with Crippen molar-refractivity contribution in [3.63, 3.8) is 0 Å². The van der Waals surface area contributed by atoms with Gasteiger partial charge in [-0.3, -0.25) is 0 Å². The maximum absolute atomic E-state index is 5.76. The van der Waals surface area contributed by atoms with E-state index in [0.29, 0.717) is 9.63 Å². The van der Waals surface area contributed by atoms with Crippen LogP contribution in [0.5, 0.6) is 0 Å². The Bertz CT molecular complexity index is 410. The molecule has 0 spiro atoms. The average molecular weight is 259 g/mol. The van der Waals surface area contributed by atoms with E-state index in [0.717, 1.165) is 11.3 Å². The van der Waals surface area contributed by atoms with Crippen molar-refractivity contribution in [2.45, 2.75) is 0 Å². The maximum atomic E-state index is 5.76. The lowest BCUT2D eigenvalue weighted by Crippen LogP contribution is -1.78. The van der Waals surface area contributed by atoms with E-state index in [2.05, 4.69) is 31.3 Å². The number of halogens is 2. The van der Waals surface area contributed by atoms with Crippen LogP contribution in [0.1, 0.15) is 0 Å². The summed E-state index contributed by atoms with van der Waals surface area (Å²) in [5.41, 5.74) is 1.77. The van der Waals surface area contributed by atoms with Gasteiger partial charge in [0.1, 0.15) is 5.69 Å². The van der Waals surface area contributed by atoms with Crippen molar-refractivity contribution < 1.29 is 0 Å². The Morgan fingerprint density at radius 2 is 1.85 bits per heavy atom. The van der Waals surface area contributed by atoms with E-state index in [1.165, 1.54) is 0 Å². The standard InChI is InChI=1S/C8H5BrClN3/c9-8-7(11-13-12-8)5-1-3-6(10)4-2-5/h1-4H,(H,11,12,13). The van der Waals surface area contributed by atoms with Gasteiger partial charge in [-0.2, -0.15) is 10.3 Å². The van der Waals surface area contributed by atoms with Crippen LogP contribution in [0.3, 0.4) is 0 Å². The number of aromatic nitrogens is 3. The predicted octanol–water partition coefficient (Wildman–Crippen LogP) is 2.89. The summed E-state index contributed by atoms with van der Waals surface area (Å²) < 4.78 is 0.704. The fraction of sp³-hybridized carbons (Fsp3) is 0. The summed E-state index contributed by atoms with van der Waals surface area (Å²) in [5.74, 6) is 0. The fourth-order valence-corrected chi connectivity index (χ4v) is 1.53. The van der Waals surface area contributed by atoms with Crippen LogP contribution in [-0.4, -0.2) is 15.4 Å². The molecule has 0 saturated heterocycles. The molecule has 0 unspecified atom stereocenters. The monoisotopic (exact) mass is 257 g/mol. The van der Waals surface area contributed by atoms with Crippen molar-refractivity contribution in [2.24, 2.45) is 0 Å². The molecule has 0 aliphatic carbocycles. The molecule has 0 fully saturated rings. The predicted molar refractivity (Wildman–Crippen MR) is 54.5 cm³/mol. The van der Waals surface area contributed by atoms with Gasteiger partial charge in [0.25, 0.3) is 0 Å². The minimum Gasteiger partial charge on any atom is -0.196 e. The number of H-pyrrole nitrogens is 1. The van der Waals surface area contributed by atoms with Crippen molar-refractivity contribution in [1.82, 2.24) is 15.4 Å². The van der Waals surface area contributed by atoms with E-state index in [-0.39, 0.29) is 0 Å². The molecule has 2 aromatic rings. The molecule has 0 amide bonds. The Hall–Kier alpha value is -0.870. The Kier molecular flexibility index (Phi) is 2.33. The Balaban J connectivity index is 2.47. The van der Waals surface area contributed by atoms with Gasteiger partial charge in [0.15, 0.2) is 4.60 Å². The molecular formula is C8H5BrClN3. The van der Waals surface area contributed by atoms with Crippen molar-refractivity contribution >= 4 is 27.5 Å². The van der Waals surface area contributed by atoms with Gasteiger partial charge in [0.2, 0.25) is 0 Å². The summed E-state index contributed by atoms with van der Waals surface area (Å²) >= 11 is 9.04. The number of hydrogen-bond donors (Lipinski definition) is 1. The molecule has 1 heterocycles. The average Bonchev–Trinajstić information content (AvgIpc) is 2.53. The maximum Gasteiger partial charge on any atom is 0.156 e. The minimum absolute atomic E-state index is 0.704. The van der Waals surface area contributed by atoms with Gasteiger partial charge in [-0.1, -0.05) is 23.7 Å². The molecular weight excluding hydrogens is 253 g/mol. The summed E-state index contributed by atoms with van der Waals surface area (Å²) in [7, 11) is 0. The number of aromatic amines is 1. The molecule has 1 aromatic carbocycles. The first-order valence-electron chi connectivity index (χ1n) is 3.59. The fourth-order valence-electron chi connectivity index (χ4n) is 1.01. The third-order valence-electron chi connectivity index (χ3n) is 1.62. The molecule has 1 aromatic heterocycles. The van der Waals surface area contributed by atoms with Gasteiger partial charge in [0.05, 0.1) is 0 Å². The quantitative estimate of drug-likeness (QED) is 0.854. The van der Waals surface area contributed by atoms with Crippen LogP contribution < -0.4 is 0 Å². The van der Waals surface area contributed by atoms with Gasteiger partial charge >= 0.3 is 0 Å². The zero-order valence-electron chi connectivity index (χ0n) is 6.46. The van der Waals surface area contributed by atoms with Crippen LogP contribution in [0.15, 0.2) is 28.9 Å². The molecule has 0 atom stereocenters. The van der Waals surface area contributed by atoms with E-state index in [4.69, 9.17) is 11.6 Å². The van der Waals surface area contributed by atoms with E-state index in [1.807, 2.05) is 24.3 Å². The summed E-state index contributed by atoms with van der Waals surface area (Å²) in [4.78, 5) is 0. The van der Waals surface area contributed by atoms with Crippen LogP contribution in [-0.2, 0) is 0 Å². The summed E-state index contributed by atoms with van der Waals surface area (Å²) in [6, 6.07) is 7.42. The lowest BCUT2D eigenvalue weighted by atomic mass is 10.2. The first kappa shape index (κ1) is 8.72. The van der Waals surface area contributed by atoms with Gasteiger partial charge in [-0.25, -0.2) is 0 Å². The lowest BCUT2D eigenvalue weighted by Gasteiger charge is -1.95. The number of nitrogens with zero attached hydrogens (tertiary/aromatic N) is 2. The van der Waals surface area contributed by atoms with Crippen LogP contribution in [0.2, 0.25) is 5.02 Å². The third-order valence-corrected chi connectivity index (χ3v) is 2.43. The van der Waals surface area contributed by atoms with Crippen molar-refractivity contribution in [3.8, 4) is 11.3 Å². The SMILES string of the molecule is Clc1ccc(-c2n[nH]nc2Br)cc1. The topological polar surface area (TPSA) is 41.6 Å². The molecule has 13 heavy (non-hydrogen) atoms. The Morgan fingerprint density at radius 3 is 2.38 bits per heavy atom. The first-order valence-corrected chi connectivity index (χ1v) is 4.76. The van der Waals surface area contributed by atoms with Crippen molar-refractivity contribution in [2.75, 3.05) is 0 Å². The highest BCUT2D eigenvalue weighted by molar-refractivity contribution is 9.10. The molecule has 0 aliphatic rings. The molecule has 2 rings (SSSR count). The van der Waals surface area contributed by atoms with Crippen LogP contribution in [0, 0.1) is 0 Å². The summed E-state index contributed by atoms with van der Waals surface area (Å²) in [6.45, 7) is 0. The largest absolute Gasteiger partial charge is 0.196 e. The van der Waals surface area contributed by atoms with Gasteiger partial charge in [-0.15, -0.1) is 5.10 Å². The third kappa shape index (κ3) is 1.73. The molecule has 3 nitrogen and oxygen atoms in total. The Morgan fingerprint density at radius 1 is 1.15 bits per heavy atom.